The molecule has 2 heterocycles. The van der Waals surface area contributed by atoms with E-state index in [2.05, 4.69) is 10.3 Å². The molecule has 1 aromatic carbocycles. The number of guanidine groups is 1. The second kappa shape index (κ2) is 6.82. The van der Waals surface area contributed by atoms with Crippen LogP contribution in [0.1, 0.15) is 34.9 Å². The van der Waals surface area contributed by atoms with Crippen LogP contribution in [0.2, 0.25) is 0 Å². The Bertz CT molecular complexity index is 981. The standard InChI is InChI=1S/C16H18N6O4/c1-21-11-7-3-2-5-9(11)14(23)12-13(21)10(19-15(12)24)6-4-8-18-16(17)20-22(25)26/h2-3,5,7,10H,4,6,8H2,1H3,(H,19,24)(H3,17,18,20). The van der Waals surface area contributed by atoms with E-state index in [4.69, 9.17) is 5.73 Å². The number of aliphatic imine (C=N–C) groups is 1. The monoisotopic (exact) mass is 358 g/mol. The highest BCUT2D eigenvalue weighted by Gasteiger charge is 2.33. The lowest BCUT2D eigenvalue weighted by atomic mass is 10.0. The summed E-state index contributed by atoms with van der Waals surface area (Å²) >= 11 is 0. The Morgan fingerprint density at radius 3 is 2.88 bits per heavy atom. The fourth-order valence-corrected chi connectivity index (χ4v) is 3.27. The van der Waals surface area contributed by atoms with Crippen molar-refractivity contribution in [3.63, 3.8) is 0 Å². The number of benzene rings is 1. The Labute approximate surface area is 147 Å². The van der Waals surface area contributed by atoms with Gasteiger partial charge in [0.25, 0.3) is 11.9 Å². The van der Waals surface area contributed by atoms with Crippen LogP contribution < -0.4 is 21.9 Å². The molecule has 1 amide bonds. The Morgan fingerprint density at radius 1 is 1.42 bits per heavy atom. The minimum atomic E-state index is -0.785. The van der Waals surface area contributed by atoms with Gasteiger partial charge in [0, 0.05) is 19.0 Å². The smallest absolute Gasteiger partial charge is 0.257 e. The van der Waals surface area contributed by atoms with E-state index >= 15 is 0 Å². The van der Waals surface area contributed by atoms with Gasteiger partial charge in [-0.25, -0.2) is 15.1 Å². The zero-order valence-electron chi connectivity index (χ0n) is 14.1. The number of para-hydroxylation sites is 1. The molecule has 0 fully saturated rings. The molecule has 0 spiro atoms. The molecule has 3 rings (SSSR count). The summed E-state index contributed by atoms with van der Waals surface area (Å²) in [5.41, 5.74) is 8.44. The number of amides is 1. The van der Waals surface area contributed by atoms with Crippen LogP contribution in [0.25, 0.3) is 10.9 Å². The van der Waals surface area contributed by atoms with E-state index < -0.39 is 5.03 Å². The van der Waals surface area contributed by atoms with Crippen molar-refractivity contribution >= 4 is 22.8 Å². The first kappa shape index (κ1) is 17.4. The third kappa shape index (κ3) is 3.08. The number of carbonyl (C=O) groups excluding carboxylic acids is 1. The maximum absolute atomic E-state index is 12.7. The lowest BCUT2D eigenvalue weighted by Gasteiger charge is -2.16. The maximum Gasteiger partial charge on any atom is 0.257 e. The lowest BCUT2D eigenvalue weighted by Crippen LogP contribution is -2.36. The van der Waals surface area contributed by atoms with Gasteiger partial charge in [-0.1, -0.05) is 17.6 Å². The van der Waals surface area contributed by atoms with Crippen LogP contribution in [0.3, 0.4) is 0 Å². The first-order valence-corrected chi connectivity index (χ1v) is 8.03. The number of carbonyl (C=O) groups is 1. The van der Waals surface area contributed by atoms with Crippen molar-refractivity contribution in [1.29, 1.82) is 0 Å². The molecule has 10 nitrogen and oxygen atoms in total. The molecule has 0 saturated carbocycles. The number of pyridine rings is 1. The lowest BCUT2D eigenvalue weighted by molar-refractivity contribution is -0.525. The van der Waals surface area contributed by atoms with Gasteiger partial charge in [-0.15, -0.1) is 0 Å². The Balaban J connectivity index is 1.83. The molecule has 0 aliphatic carbocycles. The highest BCUT2D eigenvalue weighted by Crippen LogP contribution is 2.29. The van der Waals surface area contributed by atoms with E-state index in [0.29, 0.717) is 23.9 Å². The van der Waals surface area contributed by atoms with E-state index in [9.17, 15) is 19.7 Å². The number of nitrogens with one attached hydrogen (secondary N) is 2. The SMILES string of the molecule is Cn1c2c(c(=O)c3ccccc31)C(=O)NC2CCCN=C(N)N[N+](=O)[O-]. The highest BCUT2D eigenvalue weighted by atomic mass is 16.7. The van der Waals surface area contributed by atoms with Crippen LogP contribution in [-0.2, 0) is 7.05 Å². The van der Waals surface area contributed by atoms with Gasteiger partial charge in [-0.05, 0) is 25.0 Å². The van der Waals surface area contributed by atoms with Crippen LogP contribution in [-0.4, -0.2) is 28.0 Å². The number of fused-ring (bicyclic) bond motifs is 2. The van der Waals surface area contributed by atoms with Crippen LogP contribution >= 0.6 is 0 Å². The average molecular weight is 358 g/mol. The topological polar surface area (TPSA) is 145 Å². The van der Waals surface area contributed by atoms with E-state index in [0.717, 1.165) is 5.52 Å². The van der Waals surface area contributed by atoms with Gasteiger partial charge in [-0.3, -0.25) is 9.59 Å². The van der Waals surface area contributed by atoms with Gasteiger partial charge in [0.15, 0.2) is 5.03 Å². The molecule has 10 heteroatoms. The quantitative estimate of drug-likeness (QED) is 0.229. The van der Waals surface area contributed by atoms with Gasteiger partial charge < -0.3 is 15.6 Å². The second-order valence-corrected chi connectivity index (χ2v) is 5.97. The van der Waals surface area contributed by atoms with Crippen LogP contribution in [0.5, 0.6) is 0 Å². The molecule has 1 aromatic heterocycles. The maximum atomic E-state index is 12.7. The van der Waals surface area contributed by atoms with Crippen LogP contribution in [0.4, 0.5) is 0 Å². The average Bonchev–Trinajstić information content (AvgIpc) is 2.93. The number of nitrogens with two attached hydrogens (primary N) is 1. The number of hydrazine groups is 1. The number of rotatable bonds is 5. The van der Waals surface area contributed by atoms with Crippen LogP contribution in [0, 0.1) is 10.1 Å². The Morgan fingerprint density at radius 2 is 2.15 bits per heavy atom. The molecule has 1 unspecified atom stereocenters. The molecule has 1 aliphatic rings. The van der Waals surface area contributed by atoms with Crippen molar-refractivity contribution in [2.45, 2.75) is 18.9 Å². The summed E-state index contributed by atoms with van der Waals surface area (Å²) in [6.07, 6.45) is 1.06. The van der Waals surface area contributed by atoms with Gasteiger partial charge in [-0.2, -0.15) is 0 Å². The zero-order valence-corrected chi connectivity index (χ0v) is 14.1. The third-order valence-corrected chi connectivity index (χ3v) is 4.36. The molecule has 2 aromatic rings. The normalized spacial score (nSPS) is 16.4. The molecule has 1 aliphatic heterocycles. The predicted octanol–water partition coefficient (Wildman–Crippen LogP) is 0.199. The van der Waals surface area contributed by atoms with Crippen molar-refractivity contribution in [3.8, 4) is 0 Å². The second-order valence-electron chi connectivity index (χ2n) is 5.97. The van der Waals surface area contributed by atoms with Gasteiger partial charge in [0.2, 0.25) is 5.43 Å². The van der Waals surface area contributed by atoms with Crippen molar-refractivity contribution in [3.05, 3.63) is 55.9 Å². The Hall–Kier alpha value is -3.43. The van der Waals surface area contributed by atoms with Crippen molar-refractivity contribution in [2.75, 3.05) is 6.54 Å². The van der Waals surface area contributed by atoms with Crippen molar-refractivity contribution < 1.29 is 9.83 Å². The van der Waals surface area contributed by atoms with Gasteiger partial charge in [0.1, 0.15) is 5.56 Å². The fraction of sp³-hybridized carbons (Fsp3) is 0.312. The summed E-state index contributed by atoms with van der Waals surface area (Å²) in [7, 11) is 1.82. The van der Waals surface area contributed by atoms with E-state index in [-0.39, 0.29) is 35.4 Å². The summed E-state index contributed by atoms with van der Waals surface area (Å²) in [6.45, 7) is 0.260. The fourth-order valence-electron chi connectivity index (χ4n) is 3.27. The molecule has 1 atom stereocenters. The van der Waals surface area contributed by atoms with E-state index in [1.807, 2.05) is 23.7 Å². The number of aromatic nitrogens is 1. The number of aryl methyl sites for hydroxylation is 1. The largest absolute Gasteiger partial charge is 0.365 e. The summed E-state index contributed by atoms with van der Waals surface area (Å²) in [6, 6.07) is 6.83. The number of nitro groups is 1. The minimum Gasteiger partial charge on any atom is -0.365 e. The molecule has 0 radical (unpaired) electrons. The molecule has 136 valence electrons. The summed E-state index contributed by atoms with van der Waals surface area (Å²) in [5.74, 6) is -0.654. The Kier molecular flexibility index (Phi) is 4.57. The molecule has 4 N–H and O–H groups in total. The molecular formula is C16H18N6O4. The predicted molar refractivity (Wildman–Crippen MR) is 95.2 cm³/mol. The van der Waals surface area contributed by atoms with Crippen LogP contribution in [0.15, 0.2) is 34.1 Å². The minimum absolute atomic E-state index is 0.175. The first-order valence-electron chi connectivity index (χ1n) is 8.03. The highest BCUT2D eigenvalue weighted by molar-refractivity contribution is 6.01. The third-order valence-electron chi connectivity index (χ3n) is 4.36. The molecular weight excluding hydrogens is 340 g/mol. The summed E-state index contributed by atoms with van der Waals surface area (Å²) in [4.78, 5) is 39.1. The summed E-state index contributed by atoms with van der Waals surface area (Å²) in [5, 5.41) is 12.8. The van der Waals surface area contributed by atoms with Gasteiger partial charge in [0.05, 0.1) is 17.3 Å². The summed E-state index contributed by atoms with van der Waals surface area (Å²) < 4.78 is 1.86. The first-order chi connectivity index (χ1) is 12.4. The number of nitrogens with zero attached hydrogens (tertiary/aromatic N) is 3. The number of hydrogen-bond donors (Lipinski definition) is 3. The van der Waals surface area contributed by atoms with E-state index in [1.165, 1.54) is 0 Å². The molecule has 0 bridgehead atoms. The van der Waals surface area contributed by atoms with Gasteiger partial charge >= 0.3 is 0 Å². The van der Waals surface area contributed by atoms with E-state index in [1.54, 1.807) is 17.6 Å². The molecule has 0 saturated heterocycles. The van der Waals surface area contributed by atoms with Crippen molar-refractivity contribution in [2.24, 2.45) is 17.8 Å². The number of hydrogen-bond acceptors (Lipinski definition) is 5. The zero-order chi connectivity index (χ0) is 18.8. The molecule has 26 heavy (non-hydrogen) atoms. The van der Waals surface area contributed by atoms with Crippen molar-refractivity contribution in [1.82, 2.24) is 15.3 Å².